The van der Waals surface area contributed by atoms with Crippen LogP contribution in [0.2, 0.25) is 0 Å². The molecule has 0 spiro atoms. The molecule has 0 saturated carbocycles. The molecule has 0 N–H and O–H groups in total. The van der Waals surface area contributed by atoms with E-state index in [1.54, 1.807) is 16.6 Å². The Morgan fingerprint density at radius 1 is 0.963 bits per heavy atom. The highest BCUT2D eigenvalue weighted by Gasteiger charge is 2.18. The van der Waals surface area contributed by atoms with Gasteiger partial charge in [-0.2, -0.15) is 9.61 Å². The summed E-state index contributed by atoms with van der Waals surface area (Å²) in [6.07, 6.45) is 0. The molecule has 0 fully saturated rings. The van der Waals surface area contributed by atoms with Crippen LogP contribution < -0.4 is 0 Å². The summed E-state index contributed by atoms with van der Waals surface area (Å²) in [4.78, 5) is 0.716. The van der Waals surface area contributed by atoms with E-state index in [9.17, 15) is 4.39 Å². The number of halogens is 1. The highest BCUT2D eigenvalue weighted by atomic mass is 32.1. The van der Waals surface area contributed by atoms with Gasteiger partial charge in [0.2, 0.25) is 4.96 Å². The molecule has 0 aliphatic rings. The number of rotatable bonds is 3. The number of fused-ring (bicyclic) bond motifs is 1. The number of hydrogen-bond acceptors (Lipinski definition) is 5. The van der Waals surface area contributed by atoms with Crippen LogP contribution in [0.4, 0.5) is 4.39 Å². The molecule has 0 radical (unpaired) electrons. The fraction of sp³-hybridized carbons (Fsp3) is 0.0500. The van der Waals surface area contributed by atoms with E-state index in [-0.39, 0.29) is 5.82 Å². The summed E-state index contributed by atoms with van der Waals surface area (Å²) >= 11 is 1.45. The Hall–Kier alpha value is -3.32. The molecular weight excluding hydrogens is 363 g/mol. The lowest BCUT2D eigenvalue weighted by Gasteiger charge is -1.95. The van der Waals surface area contributed by atoms with Gasteiger partial charge in [0, 0.05) is 11.1 Å². The molecule has 132 valence electrons. The minimum Gasteiger partial charge on any atom is -0.461 e. The lowest BCUT2D eigenvalue weighted by molar-refractivity contribution is 0.549. The van der Waals surface area contributed by atoms with Gasteiger partial charge in [0.15, 0.2) is 10.8 Å². The van der Waals surface area contributed by atoms with Gasteiger partial charge in [-0.15, -0.1) is 10.2 Å². The van der Waals surface area contributed by atoms with E-state index in [0.29, 0.717) is 16.5 Å². The molecule has 0 atom stereocenters. The van der Waals surface area contributed by atoms with Crippen LogP contribution in [0, 0.1) is 12.7 Å². The molecule has 5 aromatic rings. The van der Waals surface area contributed by atoms with Crippen molar-refractivity contribution in [3.8, 4) is 33.3 Å². The maximum Gasteiger partial charge on any atom is 0.235 e. The highest BCUT2D eigenvalue weighted by Crippen LogP contribution is 2.35. The van der Waals surface area contributed by atoms with Crippen molar-refractivity contribution in [3.63, 3.8) is 0 Å². The van der Waals surface area contributed by atoms with Gasteiger partial charge in [-0.25, -0.2) is 4.39 Å². The van der Waals surface area contributed by atoms with Gasteiger partial charge in [0.1, 0.15) is 17.3 Å². The summed E-state index contributed by atoms with van der Waals surface area (Å²) in [5.74, 6) is 1.86. The Morgan fingerprint density at radius 3 is 2.52 bits per heavy atom. The van der Waals surface area contributed by atoms with Crippen molar-refractivity contribution in [2.24, 2.45) is 0 Å². The SMILES string of the molecule is Cc1oc(-c2ccc(F)cc2)cc1-c1nn2c(-c3ccccc3)nnc2s1. The fourth-order valence-corrected chi connectivity index (χ4v) is 3.85. The molecule has 0 amide bonds. The second kappa shape index (κ2) is 6.14. The van der Waals surface area contributed by atoms with E-state index in [2.05, 4.69) is 10.2 Å². The number of benzene rings is 2. The van der Waals surface area contributed by atoms with Crippen LogP contribution in [0.15, 0.2) is 65.1 Å². The van der Waals surface area contributed by atoms with Crippen molar-refractivity contribution >= 4 is 16.3 Å². The van der Waals surface area contributed by atoms with Crippen molar-refractivity contribution in [1.29, 1.82) is 0 Å². The van der Waals surface area contributed by atoms with Crippen LogP contribution in [0.1, 0.15) is 5.76 Å². The van der Waals surface area contributed by atoms with Gasteiger partial charge in [-0.05, 0) is 37.3 Å². The molecule has 7 heteroatoms. The maximum atomic E-state index is 13.2. The molecule has 0 bridgehead atoms. The smallest absolute Gasteiger partial charge is 0.235 e. The summed E-state index contributed by atoms with van der Waals surface area (Å²) < 4.78 is 20.8. The average Bonchev–Trinajstić information content (AvgIpc) is 3.36. The van der Waals surface area contributed by atoms with Crippen LogP contribution in [0.25, 0.3) is 38.2 Å². The Bertz CT molecular complexity index is 1240. The summed E-state index contributed by atoms with van der Waals surface area (Å²) in [6.45, 7) is 1.89. The van der Waals surface area contributed by atoms with Crippen LogP contribution in [-0.4, -0.2) is 19.8 Å². The van der Waals surface area contributed by atoms with Crippen molar-refractivity contribution < 1.29 is 8.81 Å². The Labute approximate surface area is 157 Å². The molecule has 0 aliphatic carbocycles. The normalized spacial score (nSPS) is 11.3. The molecular formula is C20H13FN4OS. The highest BCUT2D eigenvalue weighted by molar-refractivity contribution is 7.19. The molecule has 27 heavy (non-hydrogen) atoms. The van der Waals surface area contributed by atoms with Crippen LogP contribution >= 0.6 is 11.3 Å². The zero-order valence-electron chi connectivity index (χ0n) is 14.3. The van der Waals surface area contributed by atoms with Gasteiger partial charge >= 0.3 is 0 Å². The number of hydrogen-bond donors (Lipinski definition) is 0. The number of aromatic nitrogens is 4. The van der Waals surface area contributed by atoms with E-state index in [4.69, 9.17) is 9.52 Å². The quantitative estimate of drug-likeness (QED) is 0.433. The summed E-state index contributed by atoms with van der Waals surface area (Å²) in [5, 5.41) is 14.0. The molecule has 5 nitrogen and oxygen atoms in total. The van der Waals surface area contributed by atoms with Crippen LogP contribution in [0.3, 0.4) is 0 Å². The lowest BCUT2D eigenvalue weighted by Crippen LogP contribution is -1.90. The molecule has 2 aromatic carbocycles. The molecule has 0 unspecified atom stereocenters. The van der Waals surface area contributed by atoms with Crippen LogP contribution in [-0.2, 0) is 0 Å². The predicted molar refractivity (Wildman–Crippen MR) is 102 cm³/mol. The minimum absolute atomic E-state index is 0.274. The van der Waals surface area contributed by atoms with Crippen molar-refractivity contribution in [1.82, 2.24) is 19.8 Å². The number of furan rings is 1. The van der Waals surface area contributed by atoms with Gasteiger partial charge < -0.3 is 4.42 Å². The Balaban J connectivity index is 1.58. The molecule has 3 heterocycles. The first-order chi connectivity index (χ1) is 13.2. The standard InChI is InChI=1S/C20H13FN4OS/c1-12-16(11-17(26-12)13-7-9-15(21)10-8-13)19-24-25-18(22-23-20(25)27-19)14-5-3-2-4-6-14/h2-11H,1H3. The van der Waals surface area contributed by atoms with Gasteiger partial charge in [0.05, 0.1) is 5.56 Å². The van der Waals surface area contributed by atoms with Gasteiger partial charge in [-0.3, -0.25) is 0 Å². The summed E-state index contributed by atoms with van der Waals surface area (Å²) in [5.41, 5.74) is 2.67. The molecule has 3 aromatic heterocycles. The van der Waals surface area contributed by atoms with E-state index >= 15 is 0 Å². The zero-order chi connectivity index (χ0) is 18.4. The van der Waals surface area contributed by atoms with Gasteiger partial charge in [-0.1, -0.05) is 41.7 Å². The largest absolute Gasteiger partial charge is 0.461 e. The van der Waals surface area contributed by atoms with E-state index < -0.39 is 0 Å². The molecule has 0 aliphatic heterocycles. The molecule has 5 rings (SSSR count). The Morgan fingerprint density at radius 2 is 1.74 bits per heavy atom. The van der Waals surface area contributed by atoms with E-state index in [1.807, 2.05) is 43.3 Å². The Kier molecular flexibility index (Phi) is 3.61. The average molecular weight is 376 g/mol. The van der Waals surface area contributed by atoms with Crippen molar-refractivity contribution in [2.45, 2.75) is 6.92 Å². The van der Waals surface area contributed by atoms with E-state index in [1.165, 1.54) is 23.5 Å². The third kappa shape index (κ3) is 2.72. The maximum absolute atomic E-state index is 13.2. The fourth-order valence-electron chi connectivity index (χ4n) is 2.94. The first kappa shape index (κ1) is 15.9. The lowest BCUT2D eigenvalue weighted by atomic mass is 10.1. The second-order valence-corrected chi connectivity index (χ2v) is 7.03. The number of nitrogens with zero attached hydrogens (tertiary/aromatic N) is 4. The van der Waals surface area contributed by atoms with Crippen molar-refractivity contribution in [3.05, 3.63) is 72.2 Å². The third-order valence-electron chi connectivity index (χ3n) is 4.30. The minimum atomic E-state index is -0.274. The molecule has 0 saturated heterocycles. The first-order valence-corrected chi connectivity index (χ1v) is 9.15. The van der Waals surface area contributed by atoms with Gasteiger partial charge in [0.25, 0.3) is 0 Å². The van der Waals surface area contributed by atoms with Crippen LogP contribution in [0.5, 0.6) is 0 Å². The van der Waals surface area contributed by atoms with E-state index in [0.717, 1.165) is 27.5 Å². The first-order valence-electron chi connectivity index (χ1n) is 8.33. The van der Waals surface area contributed by atoms with Crippen molar-refractivity contribution in [2.75, 3.05) is 0 Å². The number of aryl methyl sites for hydroxylation is 1. The summed E-state index contributed by atoms with van der Waals surface area (Å²) in [7, 11) is 0. The zero-order valence-corrected chi connectivity index (χ0v) is 15.1. The summed E-state index contributed by atoms with van der Waals surface area (Å²) in [6, 6.07) is 18.0. The monoisotopic (exact) mass is 376 g/mol. The third-order valence-corrected chi connectivity index (χ3v) is 5.23. The second-order valence-electron chi connectivity index (χ2n) is 6.08. The topological polar surface area (TPSA) is 56.2 Å². The predicted octanol–water partition coefficient (Wildman–Crippen LogP) is 5.23.